The van der Waals surface area contributed by atoms with Gasteiger partial charge in [-0.15, -0.1) is 0 Å². The van der Waals surface area contributed by atoms with Gasteiger partial charge in [-0.2, -0.15) is 0 Å². The normalized spacial score (nSPS) is 12.3. The fourth-order valence-electron chi connectivity index (χ4n) is 12.6. The maximum atomic E-state index is 5.89. The van der Waals surface area contributed by atoms with Crippen LogP contribution in [0.4, 0.5) is 0 Å². The number of aryl methyl sites for hydroxylation is 2. The summed E-state index contributed by atoms with van der Waals surface area (Å²) in [6, 6.07) is 50.2. The SMILES string of the molecule is CCCCc1c2nc(c(-c3cccc(OC)c3)c3ccc([nH]3)c(-c3c4nc(c(-c5cccc(OC)c5)c5ccc([nH]5)c(CCCC)c5nc(c(-c6cccc(OC)c6)c6ccc3[nH]6)C=C5)C=C4)c3nc(c(-c4cccc(OC)c4)c4ccc1[nH]4)C=C3)C=C2. The molecule has 0 saturated carbocycles. The lowest BCUT2D eigenvalue weighted by Gasteiger charge is -2.09. The van der Waals surface area contributed by atoms with Gasteiger partial charge in [-0.1, -0.05) is 75.2 Å². The molecule has 12 heteroatoms. The van der Waals surface area contributed by atoms with Crippen molar-refractivity contribution in [2.45, 2.75) is 52.4 Å². The number of aromatic nitrogens is 8. The van der Waals surface area contributed by atoms with Gasteiger partial charge in [-0.05, 0) is 194 Å². The van der Waals surface area contributed by atoms with Crippen molar-refractivity contribution >= 4 is 92.7 Å². The number of ether oxygens (including phenoxy) is 4. The molecule has 0 atom stereocenters. The quantitative estimate of drug-likeness (QED) is 0.0792. The second-order valence-corrected chi connectivity index (χ2v) is 22.3. The smallest absolute Gasteiger partial charge is 0.119 e. The topological polar surface area (TPSA) is 152 Å². The third kappa shape index (κ3) is 10.3. The molecule has 12 nitrogen and oxygen atoms in total. The van der Waals surface area contributed by atoms with E-state index < -0.39 is 0 Å². The van der Waals surface area contributed by atoms with Crippen LogP contribution in [0.25, 0.3) is 148 Å². The van der Waals surface area contributed by atoms with Crippen LogP contribution < -0.4 is 18.9 Å². The summed E-state index contributed by atoms with van der Waals surface area (Å²) in [6.07, 6.45) is 22.8. The summed E-state index contributed by atoms with van der Waals surface area (Å²) in [6.45, 7) is 4.46. The maximum Gasteiger partial charge on any atom is 0.119 e. The molecule has 10 heterocycles. The fraction of sp³-hybridized carbons (Fsp3) is 0.158. The van der Waals surface area contributed by atoms with Crippen LogP contribution in [-0.2, 0) is 12.8 Å². The molecule has 0 spiro atoms. The molecule has 4 aliphatic heterocycles. The number of unbranched alkanes of at least 4 members (excludes halogenated alkanes) is 2. The van der Waals surface area contributed by atoms with Crippen molar-refractivity contribution in [2.24, 2.45) is 0 Å². The second kappa shape index (κ2) is 23.6. The predicted molar refractivity (Wildman–Crippen MR) is 362 cm³/mol. The van der Waals surface area contributed by atoms with Gasteiger partial charge in [0.15, 0.2) is 0 Å². The van der Waals surface area contributed by atoms with E-state index in [4.69, 9.17) is 38.9 Å². The zero-order valence-electron chi connectivity index (χ0n) is 50.1. The Morgan fingerprint density at radius 2 is 0.523 bits per heavy atom. The molecule has 0 fully saturated rings. The lowest BCUT2D eigenvalue weighted by atomic mass is 10.0. The molecular weight excluding hydrogens is 1090 g/mol. The molecule has 14 rings (SSSR count). The summed E-state index contributed by atoms with van der Waals surface area (Å²) in [4.78, 5) is 38.5. The van der Waals surface area contributed by atoms with Gasteiger partial charge >= 0.3 is 0 Å². The number of H-pyrrole nitrogens is 4. The van der Waals surface area contributed by atoms with E-state index in [-0.39, 0.29) is 0 Å². The van der Waals surface area contributed by atoms with Crippen LogP contribution in [0.1, 0.15) is 96.2 Å². The molecule has 4 N–H and O–H groups in total. The Morgan fingerprint density at radius 1 is 0.284 bits per heavy atom. The van der Waals surface area contributed by atoms with E-state index in [2.05, 4.69) is 179 Å². The molecule has 0 saturated heterocycles. The number of fused-ring (bicyclic) bond motifs is 16. The van der Waals surface area contributed by atoms with Gasteiger partial charge in [0.2, 0.25) is 0 Å². The lowest BCUT2D eigenvalue weighted by molar-refractivity contribution is 0.415. The summed E-state index contributed by atoms with van der Waals surface area (Å²) in [5.41, 5.74) is 25.0. The molecule has 0 unspecified atom stereocenters. The Balaban J connectivity index is 1.18. The average Bonchev–Trinajstić information content (AvgIpc) is 2.16. The van der Waals surface area contributed by atoms with Crippen LogP contribution in [0, 0.1) is 0 Å². The van der Waals surface area contributed by atoms with Crippen LogP contribution in [0.5, 0.6) is 23.0 Å². The van der Waals surface area contributed by atoms with Gasteiger partial charge in [-0.25, -0.2) is 19.9 Å². The summed E-state index contributed by atoms with van der Waals surface area (Å²) in [7, 11) is 6.82. The maximum absolute atomic E-state index is 5.89. The molecule has 434 valence electrons. The summed E-state index contributed by atoms with van der Waals surface area (Å²) < 4.78 is 23.5. The fourth-order valence-corrected chi connectivity index (χ4v) is 12.6. The Hall–Kier alpha value is -10.7. The standard InChI is InChI=1S/C76H66N8O4/c1-7-9-23-53-55-25-29-59(77-55)71(45-15-11-19-49(41-45)85-3)63-33-37-67(81-63)75(68-38-34-64(82-68)72(60-30-26-56(53)78-60)46-16-12-20-50(42-46)86-4)76-69-39-35-65(83-69)73(47-17-13-21-51(43-47)87-5)61-31-27-57(79-61)54(24-10-8-2)58-28-32-62(80-58)74(66-36-40-70(76)84-66)48-18-14-22-52(44-48)88-6/h11-22,25-44,77,79,82,84H,7-10,23-24H2,1-6H3. The molecule has 4 aromatic carbocycles. The van der Waals surface area contributed by atoms with Gasteiger partial charge in [0.05, 0.1) is 74.0 Å². The molecule has 0 radical (unpaired) electrons. The third-order valence-corrected chi connectivity index (χ3v) is 17.0. The second-order valence-electron chi connectivity index (χ2n) is 22.3. The molecule has 10 aromatic rings. The first-order chi connectivity index (χ1) is 43.3. The van der Waals surface area contributed by atoms with Crippen molar-refractivity contribution in [1.29, 1.82) is 0 Å². The van der Waals surface area contributed by atoms with Crippen LogP contribution in [0.3, 0.4) is 0 Å². The number of benzene rings is 4. The molecule has 16 bridgehead atoms. The minimum absolute atomic E-state index is 0.722. The molecule has 6 aromatic heterocycles. The largest absolute Gasteiger partial charge is 0.497 e. The van der Waals surface area contributed by atoms with Crippen molar-refractivity contribution in [3.8, 4) is 78.6 Å². The average molecular weight is 1160 g/mol. The van der Waals surface area contributed by atoms with Gasteiger partial charge in [0.25, 0.3) is 0 Å². The highest BCUT2D eigenvalue weighted by Gasteiger charge is 2.24. The monoisotopic (exact) mass is 1150 g/mol. The Morgan fingerprint density at radius 3 is 0.807 bits per heavy atom. The number of nitrogens with zero attached hydrogens (tertiary/aromatic N) is 4. The lowest BCUT2D eigenvalue weighted by Crippen LogP contribution is -1.94. The Labute approximate surface area is 510 Å². The van der Waals surface area contributed by atoms with Crippen molar-refractivity contribution in [2.75, 3.05) is 28.4 Å². The van der Waals surface area contributed by atoms with Gasteiger partial charge in [0.1, 0.15) is 23.0 Å². The van der Waals surface area contributed by atoms with E-state index in [0.29, 0.717) is 0 Å². The Bertz CT molecular complexity index is 4510. The summed E-state index contributed by atoms with van der Waals surface area (Å²) in [5, 5.41) is 0. The summed E-state index contributed by atoms with van der Waals surface area (Å²) >= 11 is 0. The number of methoxy groups -OCH3 is 4. The van der Waals surface area contributed by atoms with E-state index in [1.54, 1.807) is 28.4 Å². The Kier molecular flexibility index (Phi) is 14.8. The van der Waals surface area contributed by atoms with Gasteiger partial charge < -0.3 is 38.9 Å². The number of hydrogen-bond acceptors (Lipinski definition) is 8. The third-order valence-electron chi connectivity index (χ3n) is 17.0. The van der Waals surface area contributed by atoms with Gasteiger partial charge in [-0.3, -0.25) is 0 Å². The van der Waals surface area contributed by atoms with E-state index in [0.717, 1.165) is 218 Å². The predicted octanol–water partition coefficient (Wildman–Crippen LogP) is 18.7. The molecule has 88 heavy (non-hydrogen) atoms. The number of nitrogens with one attached hydrogen (secondary N) is 4. The van der Waals surface area contributed by atoms with E-state index in [1.165, 1.54) is 0 Å². The van der Waals surface area contributed by atoms with Crippen LogP contribution in [0.2, 0.25) is 0 Å². The highest BCUT2D eigenvalue weighted by molar-refractivity contribution is 6.05. The number of hydrogen-bond donors (Lipinski definition) is 4. The van der Waals surface area contributed by atoms with Crippen LogP contribution >= 0.6 is 0 Å². The van der Waals surface area contributed by atoms with E-state index in [9.17, 15) is 0 Å². The van der Waals surface area contributed by atoms with Crippen molar-refractivity contribution in [3.05, 3.63) is 202 Å². The van der Waals surface area contributed by atoms with E-state index >= 15 is 0 Å². The molecule has 4 aliphatic rings. The van der Waals surface area contributed by atoms with Gasteiger partial charge in [0, 0.05) is 88.6 Å². The first kappa shape index (κ1) is 55.2. The van der Waals surface area contributed by atoms with Crippen LogP contribution in [-0.4, -0.2) is 68.3 Å². The molecular formula is C76H66N8O4. The van der Waals surface area contributed by atoms with Crippen molar-refractivity contribution < 1.29 is 18.9 Å². The highest BCUT2D eigenvalue weighted by Crippen LogP contribution is 2.43. The minimum Gasteiger partial charge on any atom is -0.497 e. The number of aromatic amines is 4. The zero-order chi connectivity index (χ0) is 59.8. The van der Waals surface area contributed by atoms with Crippen molar-refractivity contribution in [3.63, 3.8) is 0 Å². The minimum atomic E-state index is 0.722. The van der Waals surface area contributed by atoms with Crippen LogP contribution in [0.15, 0.2) is 146 Å². The van der Waals surface area contributed by atoms with Crippen molar-refractivity contribution in [1.82, 2.24) is 39.9 Å². The molecule has 0 aliphatic carbocycles. The molecule has 0 amide bonds. The number of rotatable bonds is 15. The first-order valence-corrected chi connectivity index (χ1v) is 30.2. The highest BCUT2D eigenvalue weighted by atomic mass is 16.5. The summed E-state index contributed by atoms with van der Waals surface area (Å²) in [5.74, 6) is 2.96. The van der Waals surface area contributed by atoms with E-state index in [1.807, 2.05) is 48.5 Å². The first-order valence-electron chi connectivity index (χ1n) is 30.2. The zero-order valence-corrected chi connectivity index (χ0v) is 50.1.